The van der Waals surface area contributed by atoms with Gasteiger partial charge in [0.05, 0.1) is 29.1 Å². The number of aryl methyl sites for hydroxylation is 1. The number of aromatic amines is 1. The van der Waals surface area contributed by atoms with E-state index in [2.05, 4.69) is 50.8 Å². The Bertz CT molecular complexity index is 902. The maximum Gasteiger partial charge on any atom is 0.124 e. The van der Waals surface area contributed by atoms with Gasteiger partial charge in [0.25, 0.3) is 0 Å². The molecule has 1 unspecified atom stereocenters. The minimum atomic E-state index is 0.384. The Labute approximate surface area is 154 Å². The Morgan fingerprint density at radius 1 is 1.15 bits per heavy atom. The topological polar surface area (TPSA) is 49.7 Å². The maximum absolute atomic E-state index is 4.90. The lowest BCUT2D eigenvalue weighted by molar-refractivity contribution is 0.233. The largest absolute Gasteiger partial charge is 0.341 e. The van der Waals surface area contributed by atoms with Crippen molar-refractivity contribution in [3.05, 3.63) is 47.8 Å². The van der Waals surface area contributed by atoms with E-state index in [1.165, 1.54) is 49.8 Å². The standard InChI is InChI=1S/C21H27N5/c1-15-8-9-18-19(11-15)24-21(23-18)20-7-4-10-25(20)13-17-12-22-14-26(17)16-5-2-3-6-16/h8-9,11-12,14,16,20H,2-7,10,13H2,1H3,(H,23,24). The minimum absolute atomic E-state index is 0.384. The third kappa shape index (κ3) is 2.84. The van der Waals surface area contributed by atoms with E-state index < -0.39 is 0 Å². The Hall–Kier alpha value is -2.14. The van der Waals surface area contributed by atoms with Gasteiger partial charge >= 0.3 is 0 Å². The van der Waals surface area contributed by atoms with E-state index in [0.717, 1.165) is 29.9 Å². The monoisotopic (exact) mass is 349 g/mol. The van der Waals surface area contributed by atoms with Gasteiger partial charge in [-0.15, -0.1) is 0 Å². The second kappa shape index (κ2) is 6.54. The quantitative estimate of drug-likeness (QED) is 0.753. The molecule has 0 bridgehead atoms. The lowest BCUT2D eigenvalue weighted by atomic mass is 10.2. The molecule has 1 aromatic carbocycles. The number of rotatable bonds is 4. The van der Waals surface area contributed by atoms with Crippen LogP contribution in [0, 0.1) is 6.92 Å². The molecule has 1 aliphatic heterocycles. The van der Waals surface area contributed by atoms with Crippen LogP contribution < -0.4 is 0 Å². The highest BCUT2D eigenvalue weighted by atomic mass is 15.2. The van der Waals surface area contributed by atoms with Crippen molar-refractivity contribution >= 4 is 11.0 Å². The third-order valence-electron chi connectivity index (χ3n) is 6.16. The summed E-state index contributed by atoms with van der Waals surface area (Å²) in [5.41, 5.74) is 4.86. The van der Waals surface area contributed by atoms with Crippen molar-refractivity contribution < 1.29 is 0 Å². The van der Waals surface area contributed by atoms with Gasteiger partial charge in [-0.1, -0.05) is 18.9 Å². The second-order valence-electron chi connectivity index (χ2n) is 8.00. The molecule has 3 heterocycles. The van der Waals surface area contributed by atoms with Gasteiger partial charge < -0.3 is 9.55 Å². The summed E-state index contributed by atoms with van der Waals surface area (Å²) in [6.45, 7) is 4.24. The molecule has 26 heavy (non-hydrogen) atoms. The molecule has 1 N–H and O–H groups in total. The number of aromatic nitrogens is 4. The lowest BCUT2D eigenvalue weighted by Gasteiger charge is -2.24. The Morgan fingerprint density at radius 2 is 2.04 bits per heavy atom. The zero-order chi connectivity index (χ0) is 17.5. The summed E-state index contributed by atoms with van der Waals surface area (Å²) < 4.78 is 2.43. The fourth-order valence-corrected chi connectivity index (χ4v) is 4.80. The summed E-state index contributed by atoms with van der Waals surface area (Å²) in [6, 6.07) is 7.50. The van der Waals surface area contributed by atoms with E-state index in [4.69, 9.17) is 4.98 Å². The number of hydrogen-bond donors (Lipinski definition) is 1. The Morgan fingerprint density at radius 3 is 2.92 bits per heavy atom. The fourth-order valence-electron chi connectivity index (χ4n) is 4.80. The highest BCUT2D eigenvalue weighted by Crippen LogP contribution is 2.35. The molecule has 2 fully saturated rings. The van der Waals surface area contributed by atoms with Crippen molar-refractivity contribution in [3.63, 3.8) is 0 Å². The molecule has 2 aromatic heterocycles. The molecule has 5 nitrogen and oxygen atoms in total. The molecule has 0 amide bonds. The van der Waals surface area contributed by atoms with Crippen molar-refractivity contribution in [2.75, 3.05) is 6.54 Å². The molecule has 136 valence electrons. The van der Waals surface area contributed by atoms with E-state index >= 15 is 0 Å². The van der Waals surface area contributed by atoms with Gasteiger partial charge in [-0.2, -0.15) is 0 Å². The fraction of sp³-hybridized carbons (Fsp3) is 0.524. The van der Waals surface area contributed by atoms with Crippen molar-refractivity contribution in [2.24, 2.45) is 0 Å². The van der Waals surface area contributed by atoms with E-state index in [1.54, 1.807) is 0 Å². The van der Waals surface area contributed by atoms with Gasteiger partial charge in [0.15, 0.2) is 0 Å². The van der Waals surface area contributed by atoms with E-state index in [-0.39, 0.29) is 0 Å². The molecule has 5 rings (SSSR count). The molecule has 0 radical (unpaired) electrons. The predicted octanol–water partition coefficient (Wildman–Crippen LogP) is 4.52. The second-order valence-corrected chi connectivity index (χ2v) is 8.00. The maximum atomic E-state index is 4.90. The highest BCUT2D eigenvalue weighted by molar-refractivity contribution is 5.75. The number of benzene rings is 1. The first-order valence-electron chi connectivity index (χ1n) is 9.99. The summed E-state index contributed by atoms with van der Waals surface area (Å²) >= 11 is 0. The van der Waals surface area contributed by atoms with Gasteiger partial charge in [-0.3, -0.25) is 4.90 Å². The smallest absolute Gasteiger partial charge is 0.124 e. The van der Waals surface area contributed by atoms with E-state index in [0.29, 0.717) is 12.1 Å². The summed E-state index contributed by atoms with van der Waals surface area (Å²) in [5, 5.41) is 0. The number of nitrogens with one attached hydrogen (secondary N) is 1. The van der Waals surface area contributed by atoms with Crippen molar-refractivity contribution in [3.8, 4) is 0 Å². The van der Waals surface area contributed by atoms with Gasteiger partial charge in [-0.05, 0) is 56.8 Å². The first-order valence-corrected chi connectivity index (χ1v) is 9.99. The van der Waals surface area contributed by atoms with Gasteiger partial charge in [0.1, 0.15) is 5.82 Å². The number of imidazole rings is 2. The lowest BCUT2D eigenvalue weighted by Crippen LogP contribution is -2.25. The van der Waals surface area contributed by atoms with Crippen molar-refractivity contribution in [1.29, 1.82) is 0 Å². The zero-order valence-electron chi connectivity index (χ0n) is 15.5. The third-order valence-corrected chi connectivity index (χ3v) is 6.16. The summed E-state index contributed by atoms with van der Waals surface area (Å²) in [6.07, 6.45) is 11.8. The molecule has 1 saturated carbocycles. The predicted molar refractivity (Wildman–Crippen MR) is 103 cm³/mol. The van der Waals surface area contributed by atoms with Crippen LogP contribution in [0.4, 0.5) is 0 Å². The summed E-state index contributed by atoms with van der Waals surface area (Å²) in [4.78, 5) is 15.5. The number of H-pyrrole nitrogens is 1. The first-order chi connectivity index (χ1) is 12.8. The van der Waals surface area contributed by atoms with Crippen LogP contribution in [0.15, 0.2) is 30.7 Å². The minimum Gasteiger partial charge on any atom is -0.341 e. The molecule has 1 aliphatic carbocycles. The highest BCUT2D eigenvalue weighted by Gasteiger charge is 2.30. The first kappa shape index (κ1) is 16.1. The van der Waals surface area contributed by atoms with Crippen LogP contribution >= 0.6 is 0 Å². The SMILES string of the molecule is Cc1ccc2nc(C3CCCN3Cc3cncn3C3CCCC3)[nH]c2c1. The normalized spacial score (nSPS) is 22.0. The number of fused-ring (bicyclic) bond motifs is 1. The molecule has 3 aromatic rings. The van der Waals surface area contributed by atoms with Crippen LogP contribution in [0.1, 0.15) is 67.7 Å². The van der Waals surface area contributed by atoms with Crippen molar-refractivity contribution in [1.82, 2.24) is 24.4 Å². The number of nitrogens with zero attached hydrogens (tertiary/aromatic N) is 4. The van der Waals surface area contributed by atoms with Crippen molar-refractivity contribution in [2.45, 2.75) is 64.1 Å². The molecule has 0 spiro atoms. The molecule has 1 saturated heterocycles. The van der Waals surface area contributed by atoms with E-state index in [1.807, 2.05) is 6.33 Å². The number of hydrogen-bond acceptors (Lipinski definition) is 3. The van der Waals surface area contributed by atoms with Crippen LogP contribution in [0.5, 0.6) is 0 Å². The Kier molecular flexibility index (Phi) is 4.04. The Balaban J connectivity index is 1.39. The zero-order valence-corrected chi connectivity index (χ0v) is 15.5. The average Bonchev–Trinajstić information content (AvgIpc) is 3.41. The number of likely N-dealkylation sites (tertiary alicyclic amines) is 1. The summed E-state index contributed by atoms with van der Waals surface area (Å²) in [7, 11) is 0. The van der Waals surface area contributed by atoms with Crippen LogP contribution in [0.2, 0.25) is 0 Å². The molecule has 5 heteroatoms. The molecule has 2 aliphatic rings. The summed E-state index contributed by atoms with van der Waals surface area (Å²) in [5.74, 6) is 1.12. The van der Waals surface area contributed by atoms with Gasteiger partial charge in [0.2, 0.25) is 0 Å². The molecular formula is C21H27N5. The molecule has 1 atom stereocenters. The van der Waals surface area contributed by atoms with E-state index in [9.17, 15) is 0 Å². The molecular weight excluding hydrogens is 322 g/mol. The van der Waals surface area contributed by atoms with Gasteiger partial charge in [0, 0.05) is 18.8 Å². The average molecular weight is 349 g/mol. The van der Waals surface area contributed by atoms with Gasteiger partial charge in [-0.25, -0.2) is 9.97 Å². The van der Waals surface area contributed by atoms with Crippen LogP contribution in [-0.4, -0.2) is 31.0 Å². The van der Waals surface area contributed by atoms with Crippen LogP contribution in [0.25, 0.3) is 11.0 Å². The van der Waals surface area contributed by atoms with Crippen LogP contribution in [-0.2, 0) is 6.54 Å². The van der Waals surface area contributed by atoms with Crippen LogP contribution in [0.3, 0.4) is 0 Å².